The van der Waals surface area contributed by atoms with E-state index >= 15 is 0 Å². The van der Waals surface area contributed by atoms with Gasteiger partial charge in [-0.1, -0.05) is 12.1 Å². The highest BCUT2D eigenvalue weighted by Gasteiger charge is 2.23. The van der Waals surface area contributed by atoms with Gasteiger partial charge in [-0.15, -0.1) is 0 Å². The lowest BCUT2D eigenvalue weighted by Crippen LogP contribution is -2.41. The van der Waals surface area contributed by atoms with Gasteiger partial charge >= 0.3 is 0 Å². The Labute approximate surface area is 125 Å². The van der Waals surface area contributed by atoms with Gasteiger partial charge in [-0.25, -0.2) is 0 Å². The molecule has 1 aromatic rings. The van der Waals surface area contributed by atoms with Crippen molar-refractivity contribution in [2.45, 2.75) is 19.3 Å². The molecule has 0 bridgehead atoms. The van der Waals surface area contributed by atoms with E-state index in [1.165, 1.54) is 0 Å². The number of nitrogens with zero attached hydrogens (tertiary/aromatic N) is 2. The van der Waals surface area contributed by atoms with Crippen molar-refractivity contribution in [3.63, 3.8) is 0 Å². The molecule has 1 amide bonds. The average Bonchev–Trinajstić information content (AvgIpc) is 2.52. The fraction of sp³-hybridized carbons (Fsp3) is 0.500. The highest BCUT2D eigenvalue weighted by Crippen LogP contribution is 2.18. The molecular weight excluding hydrogens is 266 g/mol. The van der Waals surface area contributed by atoms with Gasteiger partial charge in [0.05, 0.1) is 18.1 Å². The largest absolute Gasteiger partial charge is 0.492 e. The number of piperidine rings is 1. The number of primary amides is 1. The molecule has 0 aliphatic carbocycles. The van der Waals surface area contributed by atoms with Crippen LogP contribution in [-0.2, 0) is 4.79 Å². The summed E-state index contributed by atoms with van der Waals surface area (Å²) >= 11 is 0. The van der Waals surface area contributed by atoms with Gasteiger partial charge in [-0.2, -0.15) is 5.26 Å². The van der Waals surface area contributed by atoms with Crippen LogP contribution in [0.2, 0.25) is 0 Å². The van der Waals surface area contributed by atoms with Crippen LogP contribution in [0.5, 0.6) is 5.75 Å². The molecule has 0 saturated carbocycles. The van der Waals surface area contributed by atoms with E-state index in [9.17, 15) is 4.79 Å². The molecule has 1 aromatic carbocycles. The molecule has 1 aliphatic heterocycles. The summed E-state index contributed by atoms with van der Waals surface area (Å²) in [5.41, 5.74) is 5.93. The molecule has 21 heavy (non-hydrogen) atoms. The molecule has 112 valence electrons. The number of benzene rings is 1. The second kappa shape index (κ2) is 7.65. The van der Waals surface area contributed by atoms with Gasteiger partial charge in [-0.3, -0.25) is 4.79 Å². The van der Waals surface area contributed by atoms with Gasteiger partial charge in [0.15, 0.2) is 0 Å². The number of hydrogen-bond donors (Lipinski definition) is 1. The highest BCUT2D eigenvalue weighted by molar-refractivity contribution is 5.76. The van der Waals surface area contributed by atoms with Gasteiger partial charge in [0.2, 0.25) is 5.91 Å². The number of ether oxygens (including phenoxy) is 1. The maximum atomic E-state index is 11.2. The number of carbonyl (C=O) groups is 1. The maximum Gasteiger partial charge on any atom is 0.221 e. The van der Waals surface area contributed by atoms with E-state index < -0.39 is 0 Å². The van der Waals surface area contributed by atoms with Gasteiger partial charge in [0, 0.05) is 13.1 Å². The summed E-state index contributed by atoms with van der Waals surface area (Å²) in [5.74, 6) is 0.423. The van der Waals surface area contributed by atoms with Crippen molar-refractivity contribution in [1.82, 2.24) is 4.90 Å². The first-order valence-electron chi connectivity index (χ1n) is 7.34. The Hall–Kier alpha value is -2.06. The zero-order valence-corrected chi connectivity index (χ0v) is 12.1. The van der Waals surface area contributed by atoms with Crippen molar-refractivity contribution in [1.29, 1.82) is 5.26 Å². The van der Waals surface area contributed by atoms with Gasteiger partial charge in [0.1, 0.15) is 11.8 Å². The molecule has 2 rings (SSSR count). The second-order valence-electron chi connectivity index (χ2n) is 5.35. The SMILES string of the molecule is N#Cc1ccccc1OCCCN1CCCC(C(N)=O)C1. The van der Waals surface area contributed by atoms with E-state index in [1.54, 1.807) is 6.07 Å². The van der Waals surface area contributed by atoms with E-state index in [4.69, 9.17) is 15.7 Å². The first kappa shape index (κ1) is 15.3. The number of para-hydroxylation sites is 1. The predicted molar refractivity (Wildman–Crippen MR) is 79.6 cm³/mol. The van der Waals surface area contributed by atoms with Crippen molar-refractivity contribution >= 4 is 5.91 Å². The van der Waals surface area contributed by atoms with Gasteiger partial charge < -0.3 is 15.4 Å². The summed E-state index contributed by atoms with van der Waals surface area (Å²) in [4.78, 5) is 13.5. The molecule has 1 atom stereocenters. The first-order chi connectivity index (χ1) is 10.2. The molecular formula is C16H21N3O2. The summed E-state index contributed by atoms with van der Waals surface area (Å²) in [6, 6.07) is 9.35. The number of nitrogens with two attached hydrogens (primary N) is 1. The normalized spacial score (nSPS) is 18.9. The third-order valence-electron chi connectivity index (χ3n) is 3.79. The Morgan fingerprint density at radius 1 is 1.48 bits per heavy atom. The molecule has 1 heterocycles. The minimum atomic E-state index is -0.195. The average molecular weight is 287 g/mol. The summed E-state index contributed by atoms with van der Waals surface area (Å²) in [6.07, 6.45) is 2.79. The lowest BCUT2D eigenvalue weighted by molar-refractivity contribution is -0.123. The molecule has 1 saturated heterocycles. The summed E-state index contributed by atoms with van der Waals surface area (Å²) in [7, 11) is 0. The zero-order chi connectivity index (χ0) is 15.1. The van der Waals surface area contributed by atoms with Crippen LogP contribution in [0.4, 0.5) is 0 Å². The fourth-order valence-electron chi connectivity index (χ4n) is 2.65. The molecule has 0 aromatic heterocycles. The van der Waals surface area contributed by atoms with Crippen LogP contribution < -0.4 is 10.5 Å². The van der Waals surface area contributed by atoms with Crippen LogP contribution in [0.25, 0.3) is 0 Å². The van der Waals surface area contributed by atoms with E-state index in [0.717, 1.165) is 38.9 Å². The van der Waals surface area contributed by atoms with E-state index in [2.05, 4.69) is 11.0 Å². The highest BCUT2D eigenvalue weighted by atomic mass is 16.5. The van der Waals surface area contributed by atoms with Crippen molar-refractivity contribution in [3.8, 4) is 11.8 Å². The lowest BCUT2D eigenvalue weighted by Gasteiger charge is -2.31. The Bertz CT molecular complexity index is 524. The minimum absolute atomic E-state index is 0.0148. The van der Waals surface area contributed by atoms with Gasteiger partial charge in [-0.05, 0) is 37.9 Å². The van der Waals surface area contributed by atoms with Crippen LogP contribution in [0.3, 0.4) is 0 Å². The van der Waals surface area contributed by atoms with Crippen molar-refractivity contribution in [2.75, 3.05) is 26.2 Å². The maximum absolute atomic E-state index is 11.2. The molecule has 1 unspecified atom stereocenters. The summed E-state index contributed by atoms with van der Waals surface area (Å²) in [6.45, 7) is 3.22. The molecule has 0 radical (unpaired) electrons. The summed E-state index contributed by atoms with van der Waals surface area (Å²) in [5, 5.41) is 8.98. The topological polar surface area (TPSA) is 79.3 Å². The van der Waals surface area contributed by atoms with E-state index in [-0.39, 0.29) is 11.8 Å². The van der Waals surface area contributed by atoms with Crippen LogP contribution in [-0.4, -0.2) is 37.0 Å². The van der Waals surface area contributed by atoms with Crippen molar-refractivity contribution in [2.24, 2.45) is 11.7 Å². The third kappa shape index (κ3) is 4.47. The first-order valence-corrected chi connectivity index (χ1v) is 7.34. The number of hydrogen-bond acceptors (Lipinski definition) is 4. The van der Waals surface area contributed by atoms with Crippen LogP contribution in [0.15, 0.2) is 24.3 Å². The molecule has 2 N–H and O–H groups in total. The van der Waals surface area contributed by atoms with Gasteiger partial charge in [0.25, 0.3) is 0 Å². The molecule has 0 spiro atoms. The monoisotopic (exact) mass is 287 g/mol. The van der Waals surface area contributed by atoms with Crippen molar-refractivity contribution in [3.05, 3.63) is 29.8 Å². The lowest BCUT2D eigenvalue weighted by atomic mass is 9.97. The zero-order valence-electron chi connectivity index (χ0n) is 12.1. The minimum Gasteiger partial charge on any atom is -0.492 e. The molecule has 5 heteroatoms. The van der Waals surface area contributed by atoms with Crippen LogP contribution >= 0.6 is 0 Å². The number of likely N-dealkylation sites (tertiary alicyclic amines) is 1. The number of nitriles is 1. The number of carbonyl (C=O) groups excluding carboxylic acids is 1. The van der Waals surface area contributed by atoms with E-state index in [1.807, 2.05) is 18.2 Å². The molecule has 5 nitrogen and oxygen atoms in total. The Kier molecular flexibility index (Phi) is 5.59. The van der Waals surface area contributed by atoms with Crippen molar-refractivity contribution < 1.29 is 9.53 Å². The Balaban J connectivity index is 1.72. The summed E-state index contributed by atoms with van der Waals surface area (Å²) < 4.78 is 5.65. The van der Waals surface area contributed by atoms with E-state index in [0.29, 0.717) is 17.9 Å². The standard InChI is InChI=1S/C16H21N3O2/c17-11-13-5-1-2-7-15(13)21-10-4-9-19-8-3-6-14(12-19)16(18)20/h1-2,5,7,14H,3-4,6,8-10,12H2,(H2,18,20). The second-order valence-corrected chi connectivity index (χ2v) is 5.35. The molecule has 1 fully saturated rings. The quantitative estimate of drug-likeness (QED) is 0.805. The van der Waals surface area contributed by atoms with Crippen LogP contribution in [0.1, 0.15) is 24.8 Å². The smallest absolute Gasteiger partial charge is 0.221 e. The Morgan fingerprint density at radius 3 is 3.05 bits per heavy atom. The number of amides is 1. The van der Waals surface area contributed by atoms with Crippen LogP contribution in [0, 0.1) is 17.2 Å². The Morgan fingerprint density at radius 2 is 2.29 bits per heavy atom. The molecule has 1 aliphatic rings. The predicted octanol–water partition coefficient (Wildman–Crippen LogP) is 1.52. The third-order valence-corrected chi connectivity index (χ3v) is 3.79. The number of rotatable bonds is 6. The fourth-order valence-corrected chi connectivity index (χ4v) is 2.65.